The van der Waals surface area contributed by atoms with Crippen molar-refractivity contribution < 1.29 is 9.53 Å². The normalized spacial score (nSPS) is 14.0. The maximum atomic E-state index is 13.0. The molecule has 0 aromatic heterocycles. The smallest absolute Gasteiger partial charge is 0.325 e. The van der Waals surface area contributed by atoms with E-state index in [0.29, 0.717) is 0 Å². The lowest BCUT2D eigenvalue weighted by Crippen LogP contribution is -2.37. The summed E-state index contributed by atoms with van der Waals surface area (Å²) < 4.78 is 5.27. The number of carbonyl (C=O) groups is 1. The third-order valence-electron chi connectivity index (χ3n) is 4.65. The monoisotopic (exact) mass is 300 g/mol. The van der Waals surface area contributed by atoms with Crippen molar-refractivity contribution in [2.24, 2.45) is 0 Å². The number of esters is 1. The molecule has 0 saturated heterocycles. The Morgan fingerprint density at radius 3 is 1.74 bits per heavy atom. The Hall–Kier alpha value is -2.87. The third-order valence-corrected chi connectivity index (χ3v) is 4.65. The van der Waals surface area contributed by atoms with E-state index in [0.717, 1.165) is 27.8 Å². The maximum absolute atomic E-state index is 13.0. The molecular formula is C21H16O2. The van der Waals surface area contributed by atoms with Gasteiger partial charge in [0.2, 0.25) is 0 Å². The lowest BCUT2D eigenvalue weighted by molar-refractivity contribution is -0.144. The minimum atomic E-state index is -0.900. The van der Waals surface area contributed by atoms with Crippen LogP contribution in [0.4, 0.5) is 0 Å². The fraction of sp³-hybridized carbons (Fsp3) is 0.0952. The summed E-state index contributed by atoms with van der Waals surface area (Å²) in [6, 6.07) is 26.0. The average molecular weight is 300 g/mol. The highest BCUT2D eigenvalue weighted by atomic mass is 16.5. The molecule has 23 heavy (non-hydrogen) atoms. The fourth-order valence-electron chi connectivity index (χ4n) is 3.73. The molecule has 0 unspecified atom stereocenters. The second-order valence-electron chi connectivity index (χ2n) is 5.70. The average Bonchev–Trinajstić information content (AvgIpc) is 2.93. The molecule has 0 spiro atoms. The number of rotatable bonds is 2. The van der Waals surface area contributed by atoms with Crippen molar-refractivity contribution in [1.29, 1.82) is 0 Å². The molecule has 3 aromatic rings. The van der Waals surface area contributed by atoms with E-state index in [1.165, 1.54) is 7.11 Å². The first-order valence-corrected chi connectivity index (χ1v) is 7.63. The molecule has 3 aromatic carbocycles. The molecular weight excluding hydrogens is 284 g/mol. The van der Waals surface area contributed by atoms with Crippen LogP contribution in [-0.2, 0) is 14.9 Å². The zero-order valence-electron chi connectivity index (χ0n) is 12.8. The molecule has 0 saturated carbocycles. The van der Waals surface area contributed by atoms with Gasteiger partial charge in [0.25, 0.3) is 0 Å². The van der Waals surface area contributed by atoms with Crippen molar-refractivity contribution in [3.05, 3.63) is 95.6 Å². The summed E-state index contributed by atoms with van der Waals surface area (Å²) in [6.45, 7) is 0. The van der Waals surface area contributed by atoms with Crippen LogP contribution < -0.4 is 0 Å². The van der Waals surface area contributed by atoms with Crippen molar-refractivity contribution in [2.45, 2.75) is 5.41 Å². The van der Waals surface area contributed by atoms with Crippen LogP contribution in [0.3, 0.4) is 0 Å². The van der Waals surface area contributed by atoms with Gasteiger partial charge in [-0.05, 0) is 27.8 Å². The topological polar surface area (TPSA) is 26.3 Å². The van der Waals surface area contributed by atoms with Crippen LogP contribution in [0.2, 0.25) is 0 Å². The van der Waals surface area contributed by atoms with Crippen LogP contribution in [0.15, 0.2) is 78.9 Å². The van der Waals surface area contributed by atoms with E-state index in [-0.39, 0.29) is 5.97 Å². The standard InChI is InChI=1S/C21H16O2/c1-23-20(22)21(15-9-3-2-4-10-15)18-13-7-5-11-16(18)17-12-6-8-14-19(17)21/h2-14H,1H3. The summed E-state index contributed by atoms with van der Waals surface area (Å²) in [5.41, 5.74) is 4.20. The molecule has 0 amide bonds. The summed E-state index contributed by atoms with van der Waals surface area (Å²) in [6.07, 6.45) is 0. The summed E-state index contributed by atoms with van der Waals surface area (Å²) in [7, 11) is 1.45. The highest BCUT2D eigenvalue weighted by molar-refractivity contribution is 6.01. The Labute approximate surface area is 135 Å². The molecule has 0 fully saturated rings. The number of methoxy groups -OCH3 is 1. The van der Waals surface area contributed by atoms with Crippen LogP contribution in [-0.4, -0.2) is 13.1 Å². The molecule has 1 aliphatic carbocycles. The Bertz CT molecular complexity index is 836. The van der Waals surface area contributed by atoms with Gasteiger partial charge in [-0.3, -0.25) is 4.79 Å². The zero-order valence-corrected chi connectivity index (χ0v) is 12.8. The lowest BCUT2D eigenvalue weighted by Gasteiger charge is -2.29. The van der Waals surface area contributed by atoms with Gasteiger partial charge < -0.3 is 4.74 Å². The Morgan fingerprint density at radius 1 is 0.739 bits per heavy atom. The summed E-state index contributed by atoms with van der Waals surface area (Å²) >= 11 is 0. The summed E-state index contributed by atoms with van der Waals surface area (Å²) in [4.78, 5) is 13.0. The number of carbonyl (C=O) groups excluding carboxylic acids is 1. The van der Waals surface area contributed by atoms with E-state index in [9.17, 15) is 4.79 Å². The minimum Gasteiger partial charge on any atom is -0.468 e. The van der Waals surface area contributed by atoms with Crippen LogP contribution in [0.1, 0.15) is 16.7 Å². The highest BCUT2D eigenvalue weighted by Crippen LogP contribution is 2.52. The first-order chi connectivity index (χ1) is 11.3. The first kappa shape index (κ1) is 13.8. The third kappa shape index (κ3) is 1.72. The quantitative estimate of drug-likeness (QED) is 0.664. The van der Waals surface area contributed by atoms with Gasteiger partial charge in [-0.2, -0.15) is 0 Å². The molecule has 112 valence electrons. The predicted octanol–water partition coefficient (Wildman–Crippen LogP) is 4.17. The maximum Gasteiger partial charge on any atom is 0.325 e. The number of benzene rings is 3. The molecule has 0 atom stereocenters. The van der Waals surface area contributed by atoms with Crippen LogP contribution in [0, 0.1) is 0 Å². The van der Waals surface area contributed by atoms with E-state index in [4.69, 9.17) is 4.74 Å². The van der Waals surface area contributed by atoms with E-state index < -0.39 is 5.41 Å². The molecule has 1 aliphatic rings. The van der Waals surface area contributed by atoms with Gasteiger partial charge in [0.05, 0.1) is 7.11 Å². The van der Waals surface area contributed by atoms with Crippen molar-refractivity contribution in [3.8, 4) is 11.1 Å². The predicted molar refractivity (Wildman–Crippen MR) is 90.2 cm³/mol. The van der Waals surface area contributed by atoms with Crippen molar-refractivity contribution in [2.75, 3.05) is 7.11 Å². The molecule has 4 rings (SSSR count). The molecule has 0 heterocycles. The molecule has 0 aliphatic heterocycles. The van der Waals surface area contributed by atoms with Gasteiger partial charge in [0, 0.05) is 0 Å². The van der Waals surface area contributed by atoms with Gasteiger partial charge in [-0.25, -0.2) is 0 Å². The number of hydrogen-bond donors (Lipinski definition) is 0. The first-order valence-electron chi connectivity index (χ1n) is 7.63. The Balaban J connectivity index is 2.17. The number of ether oxygens (including phenoxy) is 1. The second-order valence-corrected chi connectivity index (χ2v) is 5.70. The molecule has 0 bridgehead atoms. The molecule has 0 radical (unpaired) electrons. The summed E-state index contributed by atoms with van der Waals surface area (Å²) in [5.74, 6) is -0.249. The Morgan fingerprint density at radius 2 is 1.22 bits per heavy atom. The van der Waals surface area contributed by atoms with Crippen molar-refractivity contribution in [3.63, 3.8) is 0 Å². The fourth-order valence-corrected chi connectivity index (χ4v) is 3.73. The zero-order chi connectivity index (χ0) is 15.9. The van der Waals surface area contributed by atoms with E-state index in [2.05, 4.69) is 12.1 Å². The Kier molecular flexibility index (Phi) is 3.05. The highest BCUT2D eigenvalue weighted by Gasteiger charge is 2.51. The van der Waals surface area contributed by atoms with E-state index in [1.54, 1.807) is 0 Å². The van der Waals surface area contributed by atoms with Gasteiger partial charge in [-0.15, -0.1) is 0 Å². The van der Waals surface area contributed by atoms with Crippen LogP contribution in [0.25, 0.3) is 11.1 Å². The van der Waals surface area contributed by atoms with Crippen molar-refractivity contribution in [1.82, 2.24) is 0 Å². The van der Waals surface area contributed by atoms with Gasteiger partial charge in [0.15, 0.2) is 0 Å². The lowest BCUT2D eigenvalue weighted by atomic mass is 9.72. The van der Waals surface area contributed by atoms with Crippen LogP contribution >= 0.6 is 0 Å². The minimum absolute atomic E-state index is 0.249. The molecule has 0 N–H and O–H groups in total. The van der Waals surface area contributed by atoms with Crippen LogP contribution in [0.5, 0.6) is 0 Å². The van der Waals surface area contributed by atoms with Crippen molar-refractivity contribution >= 4 is 5.97 Å². The van der Waals surface area contributed by atoms with Gasteiger partial charge >= 0.3 is 5.97 Å². The van der Waals surface area contributed by atoms with E-state index in [1.807, 2.05) is 66.7 Å². The number of hydrogen-bond acceptors (Lipinski definition) is 2. The summed E-state index contributed by atoms with van der Waals surface area (Å²) in [5, 5.41) is 0. The van der Waals surface area contributed by atoms with Gasteiger partial charge in [0.1, 0.15) is 5.41 Å². The number of fused-ring (bicyclic) bond motifs is 3. The van der Waals surface area contributed by atoms with Gasteiger partial charge in [-0.1, -0.05) is 78.9 Å². The molecule has 2 nitrogen and oxygen atoms in total. The SMILES string of the molecule is COC(=O)C1(c2ccccc2)c2ccccc2-c2ccccc21. The largest absolute Gasteiger partial charge is 0.468 e. The molecule has 2 heteroatoms. The second kappa shape index (κ2) is 5.10. The van der Waals surface area contributed by atoms with E-state index >= 15 is 0 Å².